The highest BCUT2D eigenvalue weighted by Gasteiger charge is 2.10. The molecule has 108 valence electrons. The van der Waals surface area contributed by atoms with E-state index < -0.39 is 0 Å². The summed E-state index contributed by atoms with van der Waals surface area (Å²) >= 11 is 0. The molecule has 20 heavy (non-hydrogen) atoms. The van der Waals surface area contributed by atoms with Gasteiger partial charge in [0.2, 0.25) is 0 Å². The average molecular weight is 274 g/mol. The number of rotatable bonds is 7. The molecule has 1 aromatic carbocycles. The minimum Gasteiger partial charge on any atom is -0.494 e. The van der Waals surface area contributed by atoms with Gasteiger partial charge in [-0.05, 0) is 43.7 Å². The summed E-state index contributed by atoms with van der Waals surface area (Å²) in [5, 5.41) is 3.38. The third-order valence-corrected chi connectivity index (χ3v) is 2.91. The summed E-state index contributed by atoms with van der Waals surface area (Å²) in [6.45, 7) is 8.70. The zero-order chi connectivity index (χ0) is 14.4. The number of ether oxygens (including phenoxy) is 1. The number of nitrogens with one attached hydrogen (secondary N) is 1. The molecule has 0 atom stereocenters. The fraction of sp³-hybridized carbons (Fsp3) is 0.438. The summed E-state index contributed by atoms with van der Waals surface area (Å²) in [6.07, 6.45) is 1.50. The van der Waals surface area contributed by atoms with Gasteiger partial charge in [-0.1, -0.05) is 13.8 Å². The Labute approximate surface area is 120 Å². The first-order valence-electron chi connectivity index (χ1n) is 7.07. The van der Waals surface area contributed by atoms with Crippen molar-refractivity contribution in [3.63, 3.8) is 0 Å². The molecule has 0 fully saturated rings. The van der Waals surface area contributed by atoms with E-state index in [9.17, 15) is 0 Å². The van der Waals surface area contributed by atoms with Crippen molar-refractivity contribution in [2.45, 2.75) is 27.3 Å². The summed E-state index contributed by atoms with van der Waals surface area (Å²) in [5.74, 6) is 2.32. The van der Waals surface area contributed by atoms with Crippen LogP contribution in [0.1, 0.15) is 26.5 Å². The minimum atomic E-state index is 0.621. The van der Waals surface area contributed by atoms with Crippen LogP contribution in [0.15, 0.2) is 35.1 Å². The van der Waals surface area contributed by atoms with Crippen LogP contribution in [-0.2, 0) is 6.54 Å². The minimum absolute atomic E-state index is 0.621. The molecule has 0 spiro atoms. The van der Waals surface area contributed by atoms with Crippen molar-refractivity contribution in [3.8, 4) is 17.1 Å². The second-order valence-electron chi connectivity index (χ2n) is 5.11. The Morgan fingerprint density at radius 2 is 2.00 bits per heavy atom. The Morgan fingerprint density at radius 1 is 1.25 bits per heavy atom. The molecule has 0 saturated heterocycles. The van der Waals surface area contributed by atoms with Gasteiger partial charge in [-0.15, -0.1) is 0 Å². The maximum atomic E-state index is 5.52. The Bertz CT molecular complexity index is 518. The van der Waals surface area contributed by atoms with E-state index in [1.165, 1.54) is 6.39 Å². The molecule has 0 aliphatic carbocycles. The van der Waals surface area contributed by atoms with Gasteiger partial charge in [-0.2, -0.15) is 0 Å². The number of benzene rings is 1. The Kier molecular flexibility index (Phi) is 5.18. The van der Waals surface area contributed by atoms with Crippen LogP contribution in [0, 0.1) is 5.92 Å². The molecule has 1 aromatic heterocycles. The summed E-state index contributed by atoms with van der Waals surface area (Å²) < 4.78 is 11.0. The van der Waals surface area contributed by atoms with E-state index in [4.69, 9.17) is 9.15 Å². The topological polar surface area (TPSA) is 47.3 Å². The molecule has 1 heterocycles. The summed E-state index contributed by atoms with van der Waals surface area (Å²) in [7, 11) is 0. The van der Waals surface area contributed by atoms with Gasteiger partial charge in [0.1, 0.15) is 11.4 Å². The van der Waals surface area contributed by atoms with Gasteiger partial charge in [0.05, 0.1) is 6.61 Å². The Morgan fingerprint density at radius 3 is 2.65 bits per heavy atom. The molecule has 0 aliphatic rings. The molecular weight excluding hydrogens is 252 g/mol. The van der Waals surface area contributed by atoms with Crippen LogP contribution < -0.4 is 10.1 Å². The van der Waals surface area contributed by atoms with Gasteiger partial charge in [0, 0.05) is 12.1 Å². The van der Waals surface area contributed by atoms with Crippen molar-refractivity contribution in [2.75, 3.05) is 13.2 Å². The maximum Gasteiger partial charge on any atom is 0.181 e. The highest BCUT2D eigenvalue weighted by atomic mass is 16.5. The molecule has 1 N–H and O–H groups in total. The van der Waals surface area contributed by atoms with Gasteiger partial charge >= 0.3 is 0 Å². The number of oxazole rings is 1. The second-order valence-corrected chi connectivity index (χ2v) is 5.11. The second kappa shape index (κ2) is 7.10. The number of hydrogen-bond donors (Lipinski definition) is 1. The molecule has 0 bridgehead atoms. The van der Waals surface area contributed by atoms with Gasteiger partial charge in [-0.25, -0.2) is 4.98 Å². The number of aromatic nitrogens is 1. The molecular formula is C16H22N2O2. The fourth-order valence-electron chi connectivity index (χ4n) is 1.98. The molecule has 0 radical (unpaired) electrons. The quantitative estimate of drug-likeness (QED) is 0.839. The molecule has 0 unspecified atom stereocenters. The van der Waals surface area contributed by atoms with E-state index in [2.05, 4.69) is 24.1 Å². The number of hydrogen-bond acceptors (Lipinski definition) is 4. The van der Waals surface area contributed by atoms with Crippen molar-refractivity contribution in [3.05, 3.63) is 36.4 Å². The Hall–Kier alpha value is -1.81. The molecule has 4 nitrogen and oxygen atoms in total. The molecule has 0 amide bonds. The van der Waals surface area contributed by atoms with Crippen LogP contribution in [0.2, 0.25) is 0 Å². The van der Waals surface area contributed by atoms with Crippen LogP contribution in [-0.4, -0.2) is 18.1 Å². The van der Waals surface area contributed by atoms with Crippen molar-refractivity contribution in [1.29, 1.82) is 0 Å². The predicted molar refractivity (Wildman–Crippen MR) is 79.7 cm³/mol. The lowest BCUT2D eigenvalue weighted by Gasteiger charge is -2.07. The van der Waals surface area contributed by atoms with Gasteiger partial charge in [-0.3, -0.25) is 0 Å². The third kappa shape index (κ3) is 3.84. The SMILES string of the molecule is CCOc1ccc(-c2ocnc2CNCC(C)C)cc1. The first kappa shape index (κ1) is 14.6. The zero-order valence-corrected chi connectivity index (χ0v) is 12.3. The van der Waals surface area contributed by atoms with E-state index in [0.29, 0.717) is 12.5 Å². The van der Waals surface area contributed by atoms with Gasteiger partial charge < -0.3 is 14.5 Å². The summed E-state index contributed by atoms with van der Waals surface area (Å²) in [6, 6.07) is 7.90. The van der Waals surface area contributed by atoms with Crippen LogP contribution in [0.4, 0.5) is 0 Å². The van der Waals surface area contributed by atoms with Crippen molar-refractivity contribution < 1.29 is 9.15 Å². The molecule has 2 aromatic rings. The van der Waals surface area contributed by atoms with Gasteiger partial charge in [0.25, 0.3) is 0 Å². The first-order chi connectivity index (χ1) is 9.70. The maximum absolute atomic E-state index is 5.52. The van der Waals surface area contributed by atoms with Crippen LogP contribution in [0.5, 0.6) is 5.75 Å². The van der Waals surface area contributed by atoms with Crippen LogP contribution in [0.25, 0.3) is 11.3 Å². The smallest absolute Gasteiger partial charge is 0.181 e. The molecule has 2 rings (SSSR count). The van der Waals surface area contributed by atoms with E-state index in [1.807, 2.05) is 31.2 Å². The highest BCUT2D eigenvalue weighted by molar-refractivity contribution is 5.60. The van der Waals surface area contributed by atoms with Crippen molar-refractivity contribution in [1.82, 2.24) is 10.3 Å². The monoisotopic (exact) mass is 274 g/mol. The lowest BCUT2D eigenvalue weighted by molar-refractivity contribution is 0.340. The largest absolute Gasteiger partial charge is 0.494 e. The fourth-order valence-corrected chi connectivity index (χ4v) is 1.98. The standard InChI is InChI=1S/C16H22N2O2/c1-4-19-14-7-5-13(6-8-14)16-15(18-11-20-16)10-17-9-12(2)3/h5-8,11-12,17H,4,9-10H2,1-3H3. The first-order valence-corrected chi connectivity index (χ1v) is 7.07. The van der Waals surface area contributed by atoms with Crippen LogP contribution in [0.3, 0.4) is 0 Å². The normalized spacial score (nSPS) is 11.0. The molecule has 0 saturated carbocycles. The lowest BCUT2D eigenvalue weighted by atomic mass is 10.1. The van der Waals surface area contributed by atoms with E-state index in [-0.39, 0.29) is 0 Å². The van der Waals surface area contributed by atoms with Crippen molar-refractivity contribution >= 4 is 0 Å². The molecule has 0 aliphatic heterocycles. The number of nitrogens with zero attached hydrogens (tertiary/aromatic N) is 1. The summed E-state index contributed by atoms with van der Waals surface area (Å²) in [5.41, 5.74) is 1.96. The Balaban J connectivity index is 2.06. The van der Waals surface area contributed by atoms with Gasteiger partial charge in [0.15, 0.2) is 12.2 Å². The van der Waals surface area contributed by atoms with Crippen LogP contribution >= 0.6 is 0 Å². The van der Waals surface area contributed by atoms with E-state index in [1.54, 1.807) is 0 Å². The highest BCUT2D eigenvalue weighted by Crippen LogP contribution is 2.25. The third-order valence-electron chi connectivity index (χ3n) is 2.91. The summed E-state index contributed by atoms with van der Waals surface area (Å²) in [4.78, 5) is 4.29. The average Bonchev–Trinajstić information content (AvgIpc) is 2.88. The zero-order valence-electron chi connectivity index (χ0n) is 12.3. The molecule has 4 heteroatoms. The lowest BCUT2D eigenvalue weighted by Crippen LogP contribution is -2.19. The van der Waals surface area contributed by atoms with Crippen molar-refractivity contribution in [2.24, 2.45) is 5.92 Å². The predicted octanol–water partition coefficient (Wildman–Crippen LogP) is 3.49. The van der Waals surface area contributed by atoms with E-state index >= 15 is 0 Å². The van der Waals surface area contributed by atoms with E-state index in [0.717, 1.165) is 35.9 Å².